The maximum absolute atomic E-state index is 12.4. The van der Waals surface area contributed by atoms with Crippen LogP contribution in [0.3, 0.4) is 0 Å². The molecule has 2 saturated heterocycles. The Balaban J connectivity index is 1.32. The third-order valence-corrected chi connectivity index (χ3v) is 6.95. The summed E-state index contributed by atoms with van der Waals surface area (Å²) in [5.41, 5.74) is 1.21. The standard InChI is InChI=1S/C24H31N3O3/c1-2-30-22-6-4-3-5-18(22)15-26-19-9-10-20(26)14-24(29,13-19)16-27-23(28)12-11-21(25-27)17-7-8-17/h3-6,11-12,17,19-20,29H,2,7-10,13-16H2,1H3/t19-,20-/m0/s1. The molecule has 30 heavy (non-hydrogen) atoms. The predicted octanol–water partition coefficient (Wildman–Crippen LogP) is 3.08. The van der Waals surface area contributed by atoms with E-state index in [1.165, 1.54) is 10.2 Å². The molecule has 0 amide bonds. The van der Waals surface area contributed by atoms with E-state index in [0.29, 0.717) is 44.0 Å². The molecule has 0 spiro atoms. The van der Waals surface area contributed by atoms with Gasteiger partial charge in [0.2, 0.25) is 0 Å². The van der Waals surface area contributed by atoms with Gasteiger partial charge in [-0.1, -0.05) is 18.2 Å². The highest BCUT2D eigenvalue weighted by molar-refractivity contribution is 5.33. The van der Waals surface area contributed by atoms with Crippen molar-refractivity contribution in [3.8, 4) is 5.75 Å². The minimum atomic E-state index is -0.874. The second-order valence-corrected chi connectivity index (χ2v) is 9.26. The number of ether oxygens (including phenoxy) is 1. The van der Waals surface area contributed by atoms with E-state index in [4.69, 9.17) is 4.74 Å². The van der Waals surface area contributed by atoms with E-state index in [0.717, 1.165) is 43.7 Å². The van der Waals surface area contributed by atoms with Gasteiger partial charge >= 0.3 is 0 Å². The molecule has 1 aliphatic carbocycles. The molecule has 160 valence electrons. The van der Waals surface area contributed by atoms with Gasteiger partial charge in [0.25, 0.3) is 5.56 Å². The second kappa shape index (κ2) is 7.82. The molecular weight excluding hydrogens is 378 g/mol. The van der Waals surface area contributed by atoms with Crippen LogP contribution in [0.2, 0.25) is 0 Å². The number of fused-ring (bicyclic) bond motifs is 2. The van der Waals surface area contributed by atoms with Crippen molar-refractivity contribution in [2.75, 3.05) is 6.61 Å². The molecule has 6 heteroatoms. The van der Waals surface area contributed by atoms with Crippen molar-refractivity contribution in [3.05, 3.63) is 58.0 Å². The van der Waals surface area contributed by atoms with Crippen LogP contribution in [0.25, 0.3) is 0 Å². The molecule has 5 rings (SSSR count). The Bertz CT molecular complexity index is 954. The van der Waals surface area contributed by atoms with Crippen molar-refractivity contribution < 1.29 is 9.84 Å². The molecule has 6 nitrogen and oxygen atoms in total. The van der Waals surface area contributed by atoms with Crippen molar-refractivity contribution in [2.45, 2.75) is 82.1 Å². The van der Waals surface area contributed by atoms with Gasteiger partial charge in [0.05, 0.1) is 24.4 Å². The molecule has 2 aliphatic heterocycles. The Kier molecular flexibility index (Phi) is 5.15. The number of benzene rings is 1. The third kappa shape index (κ3) is 3.91. The first-order chi connectivity index (χ1) is 14.5. The summed E-state index contributed by atoms with van der Waals surface area (Å²) >= 11 is 0. The summed E-state index contributed by atoms with van der Waals surface area (Å²) in [7, 11) is 0. The van der Waals surface area contributed by atoms with E-state index < -0.39 is 5.60 Å². The molecule has 2 bridgehead atoms. The van der Waals surface area contributed by atoms with Gasteiger partial charge in [0.1, 0.15) is 5.75 Å². The van der Waals surface area contributed by atoms with E-state index >= 15 is 0 Å². The van der Waals surface area contributed by atoms with Crippen LogP contribution in [-0.2, 0) is 13.1 Å². The minimum absolute atomic E-state index is 0.117. The van der Waals surface area contributed by atoms with Gasteiger partial charge in [-0.05, 0) is 57.6 Å². The Labute approximate surface area is 177 Å². The molecule has 1 aromatic heterocycles. The second-order valence-electron chi connectivity index (χ2n) is 9.26. The zero-order valence-electron chi connectivity index (χ0n) is 17.7. The molecular formula is C24H31N3O3. The highest BCUT2D eigenvalue weighted by Gasteiger charge is 2.48. The average Bonchev–Trinajstić information content (AvgIpc) is 3.53. The van der Waals surface area contributed by atoms with Crippen LogP contribution >= 0.6 is 0 Å². The Hall–Kier alpha value is -2.18. The quantitative estimate of drug-likeness (QED) is 0.761. The fourth-order valence-corrected chi connectivity index (χ4v) is 5.38. The summed E-state index contributed by atoms with van der Waals surface area (Å²) < 4.78 is 7.32. The number of para-hydroxylation sites is 1. The number of piperidine rings is 1. The number of hydrogen-bond acceptors (Lipinski definition) is 5. The first-order valence-electron chi connectivity index (χ1n) is 11.3. The molecule has 3 aliphatic rings. The molecule has 1 N–H and O–H groups in total. The third-order valence-electron chi connectivity index (χ3n) is 6.95. The molecule has 2 aromatic rings. The van der Waals surface area contributed by atoms with Crippen LogP contribution < -0.4 is 10.3 Å². The van der Waals surface area contributed by atoms with Crippen LogP contribution in [0.1, 0.15) is 62.6 Å². The predicted molar refractivity (Wildman–Crippen MR) is 115 cm³/mol. The normalized spacial score (nSPS) is 28.6. The van der Waals surface area contributed by atoms with Crippen LogP contribution in [0.15, 0.2) is 41.2 Å². The highest BCUT2D eigenvalue weighted by Crippen LogP contribution is 2.43. The van der Waals surface area contributed by atoms with Crippen molar-refractivity contribution in [3.63, 3.8) is 0 Å². The van der Waals surface area contributed by atoms with Gasteiger partial charge in [-0.2, -0.15) is 5.10 Å². The minimum Gasteiger partial charge on any atom is -0.494 e. The van der Waals surface area contributed by atoms with Gasteiger partial charge in [0.15, 0.2) is 0 Å². The summed E-state index contributed by atoms with van der Waals surface area (Å²) in [5, 5.41) is 16.0. The average molecular weight is 410 g/mol. The fraction of sp³-hybridized carbons (Fsp3) is 0.583. The van der Waals surface area contributed by atoms with Crippen LogP contribution in [-0.4, -0.2) is 44.1 Å². The first-order valence-corrected chi connectivity index (χ1v) is 11.3. The molecule has 1 saturated carbocycles. The Morgan fingerprint density at radius 1 is 1.10 bits per heavy atom. The lowest BCUT2D eigenvalue weighted by Gasteiger charge is -2.44. The molecule has 0 unspecified atom stereocenters. The molecule has 3 heterocycles. The van der Waals surface area contributed by atoms with Crippen molar-refractivity contribution in [1.82, 2.24) is 14.7 Å². The van der Waals surface area contributed by atoms with Crippen molar-refractivity contribution in [2.24, 2.45) is 0 Å². The van der Waals surface area contributed by atoms with E-state index in [1.54, 1.807) is 6.07 Å². The summed E-state index contributed by atoms with van der Waals surface area (Å²) in [4.78, 5) is 14.9. The van der Waals surface area contributed by atoms with Gasteiger partial charge in [-0.3, -0.25) is 9.69 Å². The largest absolute Gasteiger partial charge is 0.494 e. The lowest BCUT2D eigenvalue weighted by Crippen LogP contribution is -2.53. The number of hydrogen-bond donors (Lipinski definition) is 1. The molecule has 2 atom stereocenters. The Morgan fingerprint density at radius 2 is 1.83 bits per heavy atom. The van der Waals surface area contributed by atoms with Gasteiger partial charge < -0.3 is 9.84 Å². The van der Waals surface area contributed by atoms with E-state index in [9.17, 15) is 9.90 Å². The molecule has 3 fully saturated rings. The maximum atomic E-state index is 12.4. The topological polar surface area (TPSA) is 67.6 Å². The number of aliphatic hydroxyl groups is 1. The maximum Gasteiger partial charge on any atom is 0.266 e. The summed E-state index contributed by atoms with van der Waals surface area (Å²) in [5.74, 6) is 1.45. The number of rotatable bonds is 7. The summed E-state index contributed by atoms with van der Waals surface area (Å²) in [6.45, 7) is 3.81. The zero-order valence-corrected chi connectivity index (χ0v) is 17.7. The van der Waals surface area contributed by atoms with Crippen molar-refractivity contribution >= 4 is 0 Å². The summed E-state index contributed by atoms with van der Waals surface area (Å²) in [6.07, 6.45) is 5.85. The lowest BCUT2D eigenvalue weighted by molar-refractivity contribution is -0.0679. The van der Waals surface area contributed by atoms with E-state index in [2.05, 4.69) is 22.1 Å². The smallest absolute Gasteiger partial charge is 0.266 e. The first kappa shape index (κ1) is 19.8. The van der Waals surface area contributed by atoms with Crippen LogP contribution in [0.4, 0.5) is 0 Å². The van der Waals surface area contributed by atoms with Gasteiger partial charge in [-0.15, -0.1) is 0 Å². The number of nitrogens with zero attached hydrogens (tertiary/aromatic N) is 3. The Morgan fingerprint density at radius 3 is 2.53 bits per heavy atom. The summed E-state index contributed by atoms with van der Waals surface area (Å²) in [6, 6.07) is 12.4. The van der Waals surface area contributed by atoms with Gasteiger partial charge in [0, 0.05) is 36.2 Å². The number of aromatic nitrogens is 2. The van der Waals surface area contributed by atoms with E-state index in [-0.39, 0.29) is 5.56 Å². The monoisotopic (exact) mass is 409 g/mol. The van der Waals surface area contributed by atoms with Crippen LogP contribution in [0.5, 0.6) is 5.75 Å². The van der Waals surface area contributed by atoms with E-state index in [1.807, 2.05) is 25.1 Å². The SMILES string of the molecule is CCOc1ccccc1CN1[C@H]2CC[C@H]1CC(O)(Cn1nc(C3CC3)ccc1=O)C2. The van der Waals surface area contributed by atoms with Crippen molar-refractivity contribution in [1.29, 1.82) is 0 Å². The van der Waals surface area contributed by atoms with Gasteiger partial charge in [-0.25, -0.2) is 4.68 Å². The lowest BCUT2D eigenvalue weighted by atomic mass is 9.85. The fourth-order valence-electron chi connectivity index (χ4n) is 5.38. The highest BCUT2D eigenvalue weighted by atomic mass is 16.5. The molecule has 1 aromatic carbocycles. The molecule has 0 radical (unpaired) electrons. The van der Waals surface area contributed by atoms with Crippen LogP contribution in [0, 0.1) is 0 Å². The zero-order chi connectivity index (χ0) is 20.7.